The largest absolute Gasteiger partial charge is 0.488 e. The van der Waals surface area contributed by atoms with Gasteiger partial charge in [-0.2, -0.15) is 0 Å². The van der Waals surface area contributed by atoms with E-state index in [0.29, 0.717) is 50.9 Å². The van der Waals surface area contributed by atoms with Gasteiger partial charge in [0.2, 0.25) is 11.8 Å². The number of likely N-dealkylation sites (tertiary alicyclic amines) is 1. The predicted octanol–water partition coefficient (Wildman–Crippen LogP) is 7.80. The first-order valence-corrected chi connectivity index (χ1v) is 22.5. The Morgan fingerprint density at radius 1 is 0.953 bits per heavy atom. The molecule has 340 valence electrons. The molecule has 64 heavy (non-hydrogen) atoms. The molecule has 3 aromatic carbocycles. The molecule has 4 amide bonds. The third-order valence-corrected chi connectivity index (χ3v) is 13.4. The van der Waals surface area contributed by atoms with Gasteiger partial charge < -0.3 is 49.3 Å². The summed E-state index contributed by atoms with van der Waals surface area (Å²) in [5.41, 5.74) is 6.50. The van der Waals surface area contributed by atoms with Gasteiger partial charge in [0.1, 0.15) is 36.1 Å². The summed E-state index contributed by atoms with van der Waals surface area (Å²) < 4.78 is 21.8. The van der Waals surface area contributed by atoms with E-state index < -0.39 is 30.3 Å². The van der Waals surface area contributed by atoms with Crippen molar-refractivity contribution in [3.63, 3.8) is 0 Å². The molecule has 0 radical (unpaired) electrons. The van der Waals surface area contributed by atoms with Gasteiger partial charge in [0.15, 0.2) is 0 Å². The van der Waals surface area contributed by atoms with Gasteiger partial charge in [-0.15, -0.1) is 0 Å². The van der Waals surface area contributed by atoms with Gasteiger partial charge in [-0.05, 0) is 104 Å². The monoisotopic (exact) mass is 876 g/mol. The van der Waals surface area contributed by atoms with E-state index >= 15 is 0 Å². The Labute approximate surface area is 373 Å². The van der Waals surface area contributed by atoms with E-state index in [9.17, 15) is 19.2 Å². The Morgan fingerprint density at radius 2 is 1.70 bits per heavy atom. The first kappa shape index (κ1) is 44.4. The first-order valence-electron chi connectivity index (χ1n) is 22.5. The van der Waals surface area contributed by atoms with E-state index in [-0.39, 0.29) is 41.7 Å². The SMILES string of the molecule is CC[C@H](C)N(C(=O)[C@@H](NC(=O)OC)C1CCOCC1)[C@@H](C)c1ncc(-c2ccc3c(c2)COc2cc4c(ccc5[nH]c([C@@H]6C[C@H](C)CN6C(=O)[C@@H](NC(=O)OC)C(C)C)nc54)cc2-3)[nH]1. The maximum atomic E-state index is 14.4. The number of nitrogens with one attached hydrogen (secondary N) is 4. The van der Waals surface area contributed by atoms with Crippen LogP contribution < -0.4 is 15.4 Å². The molecule has 2 aromatic heterocycles. The number of carbonyl (C=O) groups is 4. The van der Waals surface area contributed by atoms with Crippen LogP contribution in [-0.4, -0.2) is 106 Å². The number of hydrogen-bond acceptors (Lipinski definition) is 10. The average Bonchev–Trinajstić information content (AvgIpc) is 4.08. The highest BCUT2D eigenvalue weighted by molar-refractivity contribution is 6.07. The van der Waals surface area contributed by atoms with E-state index in [4.69, 9.17) is 28.9 Å². The molecule has 4 N–H and O–H groups in total. The predicted molar refractivity (Wildman–Crippen MR) is 241 cm³/mol. The summed E-state index contributed by atoms with van der Waals surface area (Å²) in [7, 11) is 2.60. The number of methoxy groups -OCH3 is 2. The maximum absolute atomic E-state index is 14.4. The second-order valence-electron chi connectivity index (χ2n) is 17.9. The van der Waals surface area contributed by atoms with Crippen LogP contribution in [0.25, 0.3) is 44.2 Å². The van der Waals surface area contributed by atoms with Crippen molar-refractivity contribution in [3.8, 4) is 28.1 Å². The fraction of sp³-hybridized carbons (Fsp3) is 0.500. The number of ether oxygens (including phenoxy) is 4. The van der Waals surface area contributed by atoms with Crippen LogP contribution in [-0.2, 0) is 30.4 Å². The molecule has 2 fully saturated rings. The molecule has 2 saturated heterocycles. The van der Waals surface area contributed by atoms with E-state index in [1.165, 1.54) is 14.2 Å². The summed E-state index contributed by atoms with van der Waals surface area (Å²) in [5, 5.41) is 7.52. The second-order valence-corrected chi connectivity index (χ2v) is 17.9. The number of fused-ring (bicyclic) bond motifs is 6. The molecule has 0 bridgehead atoms. The van der Waals surface area contributed by atoms with Crippen LogP contribution >= 0.6 is 0 Å². The van der Waals surface area contributed by atoms with Crippen molar-refractivity contribution in [1.82, 2.24) is 40.4 Å². The molecule has 5 aromatic rings. The Balaban J connectivity index is 1.04. The standard InChI is InChI=1S/C48H60N8O8/c1-9-27(5)56(46(58)41(54-48(60)62-8)29-14-16-63-17-15-29)28(6)43-49-22-37(51-43)31-10-12-33-32(19-31)24-64-39-21-34-30(20-35(33)39)11-13-36-42(34)52-44(50-36)38-18-26(4)23-55(38)45(57)40(25(2)3)53-47(59)61-7/h10-13,19-22,25-29,38,40-41H,9,14-18,23-24H2,1-8H3,(H,49,51)(H,50,52)(H,53,59)(H,54,60)/t26-,27-,28-,38-,40-,41-/m0/s1. The maximum Gasteiger partial charge on any atom is 0.407 e. The van der Waals surface area contributed by atoms with Crippen molar-refractivity contribution in [3.05, 3.63) is 65.9 Å². The zero-order chi connectivity index (χ0) is 45.4. The van der Waals surface area contributed by atoms with Gasteiger partial charge in [-0.3, -0.25) is 9.59 Å². The van der Waals surface area contributed by atoms with Crippen molar-refractivity contribution in [2.45, 2.75) is 104 Å². The third-order valence-electron chi connectivity index (χ3n) is 13.4. The molecule has 6 atom stereocenters. The van der Waals surface area contributed by atoms with Gasteiger partial charge in [0.25, 0.3) is 0 Å². The molecule has 3 aliphatic heterocycles. The molecular weight excluding hydrogens is 817 g/mol. The van der Waals surface area contributed by atoms with Crippen molar-refractivity contribution in [2.24, 2.45) is 17.8 Å². The van der Waals surface area contributed by atoms with Crippen molar-refractivity contribution >= 4 is 45.8 Å². The summed E-state index contributed by atoms with van der Waals surface area (Å²) in [6, 6.07) is 12.3. The molecule has 0 aliphatic carbocycles. The smallest absolute Gasteiger partial charge is 0.407 e. The number of alkyl carbamates (subject to hydrolysis) is 2. The fourth-order valence-electron chi connectivity index (χ4n) is 9.65. The fourth-order valence-corrected chi connectivity index (χ4v) is 9.65. The number of benzene rings is 3. The summed E-state index contributed by atoms with van der Waals surface area (Å²) in [4.78, 5) is 73.5. The number of amides is 4. The van der Waals surface area contributed by atoms with Crippen LogP contribution in [0.4, 0.5) is 9.59 Å². The lowest BCUT2D eigenvalue weighted by molar-refractivity contribution is -0.140. The van der Waals surface area contributed by atoms with E-state index in [1.807, 2.05) is 50.5 Å². The quantitative estimate of drug-likeness (QED) is 0.0962. The topological polar surface area (TPSA) is 193 Å². The summed E-state index contributed by atoms with van der Waals surface area (Å²) >= 11 is 0. The highest BCUT2D eigenvalue weighted by Gasteiger charge is 2.41. The van der Waals surface area contributed by atoms with E-state index in [2.05, 4.69) is 63.9 Å². The number of rotatable bonds is 12. The summed E-state index contributed by atoms with van der Waals surface area (Å²) in [6.45, 7) is 14.0. The third kappa shape index (κ3) is 8.59. The zero-order valence-corrected chi connectivity index (χ0v) is 37.9. The molecule has 16 nitrogen and oxygen atoms in total. The Kier molecular flexibility index (Phi) is 12.9. The van der Waals surface area contributed by atoms with Crippen LogP contribution in [0.2, 0.25) is 0 Å². The number of nitrogens with zero attached hydrogens (tertiary/aromatic N) is 4. The Hall–Kier alpha value is -6.16. The van der Waals surface area contributed by atoms with Crippen molar-refractivity contribution in [2.75, 3.05) is 34.0 Å². The lowest BCUT2D eigenvalue weighted by atomic mass is 9.90. The number of aromatic nitrogens is 4. The van der Waals surface area contributed by atoms with Crippen LogP contribution in [0.1, 0.15) is 96.5 Å². The zero-order valence-electron chi connectivity index (χ0n) is 37.9. The lowest BCUT2D eigenvalue weighted by Gasteiger charge is -2.39. The van der Waals surface area contributed by atoms with Gasteiger partial charge in [-0.25, -0.2) is 19.6 Å². The minimum atomic E-state index is -0.753. The number of aromatic amines is 2. The number of H-pyrrole nitrogens is 2. The van der Waals surface area contributed by atoms with Crippen LogP contribution in [0.3, 0.4) is 0 Å². The highest BCUT2D eigenvalue weighted by Crippen LogP contribution is 2.44. The van der Waals surface area contributed by atoms with Crippen LogP contribution in [0.5, 0.6) is 5.75 Å². The van der Waals surface area contributed by atoms with E-state index in [0.717, 1.165) is 68.3 Å². The molecule has 0 saturated carbocycles. The molecule has 3 aliphatic rings. The summed E-state index contributed by atoms with van der Waals surface area (Å²) in [5.74, 6) is 1.82. The van der Waals surface area contributed by atoms with E-state index in [1.54, 1.807) is 6.20 Å². The molecule has 5 heterocycles. The lowest BCUT2D eigenvalue weighted by Crippen LogP contribution is -2.55. The summed E-state index contributed by atoms with van der Waals surface area (Å²) in [6.07, 6.45) is 3.31. The number of hydrogen-bond donors (Lipinski definition) is 4. The minimum absolute atomic E-state index is 0.0789. The molecule has 8 rings (SSSR count). The van der Waals surface area contributed by atoms with Crippen molar-refractivity contribution < 1.29 is 38.1 Å². The van der Waals surface area contributed by atoms with Gasteiger partial charge in [-0.1, -0.05) is 45.9 Å². The van der Waals surface area contributed by atoms with Crippen LogP contribution in [0.15, 0.2) is 48.7 Å². The second kappa shape index (κ2) is 18.5. The number of imidazole rings is 2. The molecular formula is C48H60N8O8. The van der Waals surface area contributed by atoms with Gasteiger partial charge in [0.05, 0.1) is 49.2 Å². The minimum Gasteiger partial charge on any atom is -0.488 e. The van der Waals surface area contributed by atoms with Crippen molar-refractivity contribution in [1.29, 1.82) is 0 Å². The van der Waals surface area contributed by atoms with Crippen LogP contribution in [0, 0.1) is 17.8 Å². The Morgan fingerprint density at radius 3 is 2.42 bits per heavy atom. The van der Waals surface area contributed by atoms with Gasteiger partial charge >= 0.3 is 12.2 Å². The van der Waals surface area contributed by atoms with Gasteiger partial charge in [0, 0.05) is 36.8 Å². The average molecular weight is 877 g/mol. The first-order chi connectivity index (χ1) is 30.8. The molecule has 0 unspecified atom stereocenters. The number of carbonyl (C=O) groups excluding carboxylic acids is 4. The Bertz CT molecular complexity index is 2550. The molecule has 16 heteroatoms. The normalized spacial score (nSPS) is 19.3. The molecule has 0 spiro atoms. The highest BCUT2D eigenvalue weighted by atomic mass is 16.5.